The molecule has 0 aliphatic heterocycles. The molecule has 0 bridgehead atoms. The molecule has 0 radical (unpaired) electrons. The molecule has 0 saturated heterocycles. The van der Waals surface area contributed by atoms with Crippen molar-refractivity contribution in [2.75, 3.05) is 12.4 Å². The quantitative estimate of drug-likeness (QED) is 0.802. The van der Waals surface area contributed by atoms with Crippen LogP contribution in [0.5, 0.6) is 11.5 Å². The number of phenols is 1. The van der Waals surface area contributed by atoms with Crippen LogP contribution in [0.2, 0.25) is 0 Å². The Morgan fingerprint density at radius 3 is 2.33 bits per heavy atom. The maximum atomic E-state index is 13.1. The molecule has 0 fully saturated rings. The van der Waals surface area contributed by atoms with E-state index in [2.05, 4.69) is 21.2 Å². The van der Waals surface area contributed by atoms with Gasteiger partial charge in [-0.1, -0.05) is 0 Å². The van der Waals surface area contributed by atoms with Crippen molar-refractivity contribution < 1.29 is 23.0 Å². The normalized spacial score (nSPS) is 10.5. The number of nitrogens with one attached hydrogen (secondary N) is 1. The fourth-order valence-electron chi connectivity index (χ4n) is 1.75. The largest absolute Gasteiger partial charge is 0.503 e. The first-order valence-electron chi connectivity index (χ1n) is 5.86. The third kappa shape index (κ3) is 3.41. The van der Waals surface area contributed by atoms with E-state index in [-0.39, 0.29) is 23.7 Å². The van der Waals surface area contributed by atoms with E-state index >= 15 is 0 Å². The van der Waals surface area contributed by atoms with E-state index in [0.29, 0.717) is 10.0 Å². The summed E-state index contributed by atoms with van der Waals surface area (Å²) in [4.78, 5) is 0. The van der Waals surface area contributed by atoms with E-state index in [4.69, 9.17) is 4.74 Å². The minimum Gasteiger partial charge on any atom is -0.503 e. The van der Waals surface area contributed by atoms with Gasteiger partial charge in [0.15, 0.2) is 29.0 Å². The summed E-state index contributed by atoms with van der Waals surface area (Å²) < 4.78 is 44.4. The Kier molecular flexibility index (Phi) is 4.62. The number of hydrogen-bond donors (Lipinski definition) is 2. The lowest BCUT2D eigenvalue weighted by atomic mass is 10.2. The molecule has 21 heavy (non-hydrogen) atoms. The molecule has 2 aromatic carbocycles. The highest BCUT2D eigenvalue weighted by Crippen LogP contribution is 2.35. The molecule has 0 saturated carbocycles. The van der Waals surface area contributed by atoms with Gasteiger partial charge in [-0.3, -0.25) is 0 Å². The number of methoxy groups -OCH3 is 1. The smallest absolute Gasteiger partial charge is 0.194 e. The lowest BCUT2D eigenvalue weighted by Gasteiger charge is -2.11. The van der Waals surface area contributed by atoms with Crippen molar-refractivity contribution >= 4 is 21.6 Å². The summed E-state index contributed by atoms with van der Waals surface area (Å²) in [5, 5.41) is 12.4. The molecule has 0 atom stereocenters. The molecule has 0 amide bonds. The van der Waals surface area contributed by atoms with Crippen LogP contribution in [-0.2, 0) is 6.54 Å². The standard InChI is InChI=1S/C14H11BrF3NO2/c1-21-12-3-7(2-9(15)14(12)20)6-19-8-4-10(16)13(18)11(17)5-8/h2-5,19-20H,6H2,1H3. The second kappa shape index (κ2) is 6.26. The van der Waals surface area contributed by atoms with Gasteiger partial charge in [-0.2, -0.15) is 0 Å². The number of phenolic OH excluding ortho intramolecular Hbond substituents is 1. The third-order valence-electron chi connectivity index (χ3n) is 2.79. The second-order valence-corrected chi connectivity index (χ2v) is 5.09. The Labute approximate surface area is 127 Å². The Hall–Kier alpha value is -1.89. The summed E-state index contributed by atoms with van der Waals surface area (Å²) in [6.07, 6.45) is 0. The maximum Gasteiger partial charge on any atom is 0.194 e. The summed E-state index contributed by atoms with van der Waals surface area (Å²) in [5.74, 6) is -3.81. The molecule has 3 nitrogen and oxygen atoms in total. The van der Waals surface area contributed by atoms with E-state index in [1.54, 1.807) is 12.1 Å². The predicted molar refractivity (Wildman–Crippen MR) is 76.0 cm³/mol. The summed E-state index contributed by atoms with van der Waals surface area (Å²) in [6, 6.07) is 4.93. The van der Waals surface area contributed by atoms with Crippen molar-refractivity contribution in [3.8, 4) is 11.5 Å². The van der Waals surface area contributed by atoms with Crippen LogP contribution < -0.4 is 10.1 Å². The molecule has 2 rings (SSSR count). The zero-order chi connectivity index (χ0) is 15.6. The molecule has 0 aromatic heterocycles. The summed E-state index contributed by atoms with van der Waals surface area (Å²) in [6.45, 7) is 0.208. The average molecular weight is 362 g/mol. The monoisotopic (exact) mass is 361 g/mol. The number of aromatic hydroxyl groups is 1. The van der Waals surface area contributed by atoms with E-state index in [9.17, 15) is 18.3 Å². The van der Waals surface area contributed by atoms with Gasteiger partial charge in [-0.05, 0) is 33.6 Å². The molecule has 0 heterocycles. The fraction of sp³-hybridized carbons (Fsp3) is 0.143. The van der Waals surface area contributed by atoms with Crippen LogP contribution in [0.25, 0.3) is 0 Å². The van der Waals surface area contributed by atoms with Gasteiger partial charge in [0, 0.05) is 24.4 Å². The molecule has 0 aliphatic rings. The van der Waals surface area contributed by atoms with Gasteiger partial charge in [0.1, 0.15) is 0 Å². The Bertz CT molecular complexity index is 657. The van der Waals surface area contributed by atoms with Crippen molar-refractivity contribution in [2.24, 2.45) is 0 Å². The number of anilines is 1. The Balaban J connectivity index is 2.19. The topological polar surface area (TPSA) is 41.5 Å². The molecule has 112 valence electrons. The van der Waals surface area contributed by atoms with E-state index in [0.717, 1.165) is 12.1 Å². The van der Waals surface area contributed by atoms with Crippen LogP contribution in [-0.4, -0.2) is 12.2 Å². The number of ether oxygens (including phenoxy) is 1. The number of benzene rings is 2. The minimum atomic E-state index is -1.51. The molecule has 7 heteroatoms. The highest BCUT2D eigenvalue weighted by Gasteiger charge is 2.11. The van der Waals surface area contributed by atoms with E-state index in [1.807, 2.05) is 0 Å². The molecule has 0 unspecified atom stereocenters. The first-order chi connectivity index (χ1) is 9.92. The van der Waals surface area contributed by atoms with Gasteiger partial charge in [-0.25, -0.2) is 13.2 Å². The first-order valence-corrected chi connectivity index (χ1v) is 6.65. The van der Waals surface area contributed by atoms with Gasteiger partial charge in [0.2, 0.25) is 0 Å². The molecule has 0 aliphatic carbocycles. The molecule has 2 N–H and O–H groups in total. The maximum absolute atomic E-state index is 13.1. The van der Waals surface area contributed by atoms with Crippen molar-refractivity contribution in [1.29, 1.82) is 0 Å². The SMILES string of the molecule is COc1cc(CNc2cc(F)c(F)c(F)c2)cc(Br)c1O. The lowest BCUT2D eigenvalue weighted by Crippen LogP contribution is -2.02. The number of halogens is 4. The summed E-state index contributed by atoms with van der Waals surface area (Å²) in [5.41, 5.74) is 0.802. The molecule has 2 aromatic rings. The lowest BCUT2D eigenvalue weighted by molar-refractivity contribution is 0.371. The van der Waals surface area contributed by atoms with Gasteiger partial charge < -0.3 is 15.2 Å². The van der Waals surface area contributed by atoms with Crippen LogP contribution in [0.3, 0.4) is 0 Å². The Morgan fingerprint density at radius 1 is 1.14 bits per heavy atom. The third-order valence-corrected chi connectivity index (χ3v) is 3.39. The highest BCUT2D eigenvalue weighted by atomic mass is 79.9. The highest BCUT2D eigenvalue weighted by molar-refractivity contribution is 9.10. The second-order valence-electron chi connectivity index (χ2n) is 4.24. The van der Waals surface area contributed by atoms with Crippen LogP contribution in [0.4, 0.5) is 18.9 Å². The molecule has 0 spiro atoms. The first kappa shape index (κ1) is 15.5. The minimum absolute atomic E-state index is 0.0416. The van der Waals surface area contributed by atoms with Crippen LogP contribution in [0.1, 0.15) is 5.56 Å². The van der Waals surface area contributed by atoms with Crippen molar-refractivity contribution in [2.45, 2.75) is 6.54 Å². The van der Waals surface area contributed by atoms with Gasteiger partial charge in [0.05, 0.1) is 11.6 Å². The predicted octanol–water partition coefficient (Wildman–Crippen LogP) is 4.19. The fourth-order valence-corrected chi connectivity index (χ4v) is 2.24. The average Bonchev–Trinajstić information content (AvgIpc) is 2.45. The Morgan fingerprint density at radius 2 is 1.76 bits per heavy atom. The zero-order valence-electron chi connectivity index (χ0n) is 10.9. The van der Waals surface area contributed by atoms with Gasteiger partial charge in [0.25, 0.3) is 0 Å². The van der Waals surface area contributed by atoms with Gasteiger partial charge in [-0.15, -0.1) is 0 Å². The van der Waals surface area contributed by atoms with Crippen molar-refractivity contribution in [1.82, 2.24) is 0 Å². The van der Waals surface area contributed by atoms with Crippen LogP contribution >= 0.6 is 15.9 Å². The number of rotatable bonds is 4. The molecular formula is C14H11BrF3NO2. The zero-order valence-corrected chi connectivity index (χ0v) is 12.5. The van der Waals surface area contributed by atoms with E-state index < -0.39 is 17.5 Å². The summed E-state index contributed by atoms with van der Waals surface area (Å²) >= 11 is 3.17. The van der Waals surface area contributed by atoms with Crippen molar-refractivity contribution in [3.63, 3.8) is 0 Å². The van der Waals surface area contributed by atoms with Gasteiger partial charge >= 0.3 is 0 Å². The summed E-state index contributed by atoms with van der Waals surface area (Å²) in [7, 11) is 1.41. The van der Waals surface area contributed by atoms with E-state index in [1.165, 1.54) is 7.11 Å². The van der Waals surface area contributed by atoms with Crippen LogP contribution in [0, 0.1) is 17.5 Å². The van der Waals surface area contributed by atoms with Crippen molar-refractivity contribution in [3.05, 3.63) is 51.8 Å². The van der Waals surface area contributed by atoms with Crippen LogP contribution in [0.15, 0.2) is 28.7 Å². The number of hydrogen-bond acceptors (Lipinski definition) is 3. The molecular weight excluding hydrogens is 351 g/mol.